The van der Waals surface area contributed by atoms with Crippen molar-refractivity contribution in [2.45, 2.75) is 150 Å². The molecule has 4 heteroatoms. The zero-order valence-corrected chi connectivity index (χ0v) is 44.5. The summed E-state index contributed by atoms with van der Waals surface area (Å²) in [7, 11) is 19.2. The summed E-state index contributed by atoms with van der Waals surface area (Å²) in [5, 5.41) is 0. The van der Waals surface area contributed by atoms with E-state index in [1.807, 2.05) is 0 Å². The van der Waals surface area contributed by atoms with Gasteiger partial charge in [-0.05, 0) is 0 Å². The number of hydrogen-bond acceptors (Lipinski definition) is 0. The molecule has 0 radical (unpaired) electrons. The third-order valence-electron chi connectivity index (χ3n) is 19.9. The predicted molar refractivity (Wildman–Crippen MR) is 274 cm³/mol. The Kier molecular flexibility index (Phi) is 10.9. The number of aryl methyl sites for hydroxylation is 2. The Morgan fingerprint density at radius 3 is 1.20 bits per heavy atom. The molecule has 0 N–H and O–H groups in total. The number of allylic oxidation sites excluding steroid dienone is 2. The maximum absolute atomic E-state index is 9.59. The van der Waals surface area contributed by atoms with E-state index in [0.29, 0.717) is 10.8 Å². The van der Waals surface area contributed by atoms with Crippen molar-refractivity contribution in [2.24, 2.45) is 46.3 Å². The van der Waals surface area contributed by atoms with Gasteiger partial charge in [0.15, 0.2) is 0 Å². The molecule has 8 fully saturated rings. The predicted octanol–water partition coefficient (Wildman–Crippen LogP) is 17.7. The van der Waals surface area contributed by atoms with Gasteiger partial charge in [0, 0.05) is 0 Å². The fourth-order valence-corrected chi connectivity index (χ4v) is 59.3. The Morgan fingerprint density at radius 1 is 0.516 bits per heavy atom. The van der Waals surface area contributed by atoms with Crippen LogP contribution < -0.4 is 0 Å². The van der Waals surface area contributed by atoms with Crippen molar-refractivity contribution in [1.29, 1.82) is 0 Å². The molecule has 14 rings (SSSR count). The minimum absolute atomic E-state index is 0.152. The Bertz CT molecular complexity index is 2290. The van der Waals surface area contributed by atoms with Crippen molar-refractivity contribution in [1.82, 2.24) is 0 Å². The number of halogens is 2. The van der Waals surface area contributed by atoms with Gasteiger partial charge in [-0.2, -0.15) is 0 Å². The summed E-state index contributed by atoms with van der Waals surface area (Å²) >= 11 is -5.20. The van der Waals surface area contributed by atoms with E-state index in [1.54, 1.807) is 11.1 Å². The van der Waals surface area contributed by atoms with E-state index in [1.165, 1.54) is 158 Å². The van der Waals surface area contributed by atoms with Crippen LogP contribution in [0.3, 0.4) is 0 Å². The first kappa shape index (κ1) is 43.3. The molecule has 8 bridgehead atoms. The summed E-state index contributed by atoms with van der Waals surface area (Å²) in [6.45, 7) is 9.65. The van der Waals surface area contributed by atoms with Crippen LogP contribution in [0.1, 0.15) is 158 Å². The van der Waals surface area contributed by atoms with Crippen LogP contribution in [-0.2, 0) is 28.4 Å². The Balaban J connectivity index is 1.06. The first-order valence-electron chi connectivity index (χ1n) is 26.4. The molecule has 4 aromatic rings. The second-order valence-electron chi connectivity index (χ2n) is 24.1. The number of benzene rings is 4. The molecule has 0 aliphatic heterocycles. The van der Waals surface area contributed by atoms with Crippen LogP contribution in [0.15, 0.2) is 96.1 Å². The summed E-state index contributed by atoms with van der Waals surface area (Å²) in [5.74, 6) is 3.76. The molecular weight excluding hydrogens is 911 g/mol. The normalized spacial score (nSPS) is 34.0. The molecule has 0 heterocycles. The van der Waals surface area contributed by atoms with E-state index in [2.05, 4.69) is 124 Å². The van der Waals surface area contributed by atoms with Crippen LogP contribution >= 0.6 is 17.0 Å². The molecule has 0 saturated heterocycles. The Morgan fingerprint density at radius 2 is 0.875 bits per heavy atom. The molecule has 10 aliphatic carbocycles. The molecule has 3 unspecified atom stereocenters. The summed E-state index contributed by atoms with van der Waals surface area (Å²) < 4.78 is 0.304. The Hall–Kier alpha value is -1.96. The Labute approximate surface area is 395 Å². The van der Waals surface area contributed by atoms with Crippen molar-refractivity contribution in [2.75, 3.05) is 0 Å². The number of hydrogen-bond donors (Lipinski definition) is 0. The van der Waals surface area contributed by atoms with Crippen LogP contribution in [0, 0.1) is 46.3 Å². The van der Waals surface area contributed by atoms with Crippen LogP contribution in [0.5, 0.6) is 0 Å². The van der Waals surface area contributed by atoms with Crippen LogP contribution in [0.25, 0.3) is 34.4 Å². The van der Waals surface area contributed by atoms with Gasteiger partial charge < -0.3 is 0 Å². The fourth-order valence-electron chi connectivity index (χ4n) is 18.2. The molecule has 0 amide bonds. The fraction of sp³-hybridized carbons (Fsp3) is 0.533. The first-order valence-corrected chi connectivity index (χ1v) is 42.4. The van der Waals surface area contributed by atoms with Crippen molar-refractivity contribution in [3.05, 3.63) is 129 Å². The van der Waals surface area contributed by atoms with E-state index < -0.39 is 21.5 Å². The number of fused-ring (bicyclic) bond motifs is 2. The molecule has 64 heavy (non-hydrogen) atoms. The van der Waals surface area contributed by atoms with Crippen LogP contribution in [0.2, 0.25) is 12.6 Å². The van der Waals surface area contributed by atoms with Gasteiger partial charge in [0.2, 0.25) is 0 Å². The maximum atomic E-state index is 9.59. The molecule has 8 saturated carbocycles. The molecule has 3 atom stereocenters. The van der Waals surface area contributed by atoms with Crippen LogP contribution in [-0.4, -0.2) is 5.92 Å². The molecule has 0 spiro atoms. The van der Waals surface area contributed by atoms with Gasteiger partial charge in [0.05, 0.1) is 0 Å². The van der Waals surface area contributed by atoms with Gasteiger partial charge in [-0.3, -0.25) is 0 Å². The van der Waals surface area contributed by atoms with Gasteiger partial charge in [-0.1, -0.05) is 0 Å². The summed E-state index contributed by atoms with van der Waals surface area (Å²) in [4.78, 5) is 0. The van der Waals surface area contributed by atoms with Crippen molar-refractivity contribution in [3.63, 3.8) is 0 Å². The summed E-state index contributed by atoms with van der Waals surface area (Å²) in [6.07, 6.45) is 28.6. The first-order chi connectivity index (χ1) is 31.0. The van der Waals surface area contributed by atoms with Gasteiger partial charge in [0.25, 0.3) is 0 Å². The van der Waals surface area contributed by atoms with Crippen molar-refractivity contribution >= 4 is 35.1 Å². The zero-order valence-electron chi connectivity index (χ0n) is 39.4. The van der Waals surface area contributed by atoms with Crippen LogP contribution in [0.4, 0.5) is 0 Å². The number of rotatable bonds is 13. The third kappa shape index (κ3) is 6.99. The van der Waals surface area contributed by atoms with E-state index in [9.17, 15) is 17.0 Å². The topological polar surface area (TPSA) is 0 Å². The van der Waals surface area contributed by atoms with Gasteiger partial charge in [-0.25, -0.2) is 0 Å². The van der Waals surface area contributed by atoms with Gasteiger partial charge in [0.1, 0.15) is 0 Å². The van der Waals surface area contributed by atoms with E-state index >= 15 is 0 Å². The summed E-state index contributed by atoms with van der Waals surface area (Å²) in [6, 6.07) is 34.9. The van der Waals surface area contributed by atoms with Crippen molar-refractivity contribution in [3.8, 4) is 22.3 Å². The SMILES string of the molecule is CCC[SiH](C)[Zr]([Cl])([Cl])([CH]1C(CC23CC4CC(CC(C4)C2)C3)=Cc2c(-c3ccc(CC)cc3)cccc21)[CH]1C(CC23CC4CC(CC(C4)C2)C3)=Cc2c(-c3ccc(CC)cc3)cccc21. The van der Waals surface area contributed by atoms with Gasteiger partial charge >= 0.3 is 398 Å². The molecular formula is C60H73Cl2SiZr. The second kappa shape index (κ2) is 16.1. The minimum atomic E-state index is -5.20. The average Bonchev–Trinajstić information content (AvgIpc) is 3.84. The standard InChI is InChI=1S/2C28H31.C4H11Si.2ClH.Zr/c2*1-2-19-6-8-24(9-7-19)26-5-3-4-25-13-23(14-27(25)26)18-28-15-20-10-21(16-28)12-22(11-20)17-28;1-3-4-5-2;;;/h2*3-9,13-14,20-22H,2,10-12,15-18H2,1H3;5H,3-4H2,1-2H3;2*1H;/q;;;;;+2/p-2. The zero-order chi connectivity index (χ0) is 43.6. The van der Waals surface area contributed by atoms with Gasteiger partial charge in [-0.15, -0.1) is 0 Å². The average molecular weight is 984 g/mol. The quantitative estimate of drug-likeness (QED) is 0.117. The van der Waals surface area contributed by atoms with Crippen molar-refractivity contribution < 1.29 is 15.6 Å². The van der Waals surface area contributed by atoms with E-state index in [0.717, 1.165) is 48.3 Å². The van der Waals surface area contributed by atoms with E-state index in [-0.39, 0.29) is 7.25 Å². The monoisotopic (exact) mass is 981 g/mol. The molecule has 4 aromatic carbocycles. The summed E-state index contributed by atoms with van der Waals surface area (Å²) in [5.41, 5.74) is 18.3. The molecule has 0 aromatic heterocycles. The second-order valence-corrected chi connectivity index (χ2v) is 65.5. The molecule has 335 valence electrons. The molecule has 10 aliphatic rings. The third-order valence-corrected chi connectivity index (χ3v) is 70.4. The van der Waals surface area contributed by atoms with E-state index in [4.69, 9.17) is 0 Å². The molecule has 0 nitrogen and oxygen atoms in total.